The normalized spacial score (nSPS) is 20.9. The van der Waals surface area contributed by atoms with E-state index < -0.39 is 12.6 Å². The van der Waals surface area contributed by atoms with Crippen molar-refractivity contribution in [3.05, 3.63) is 47.8 Å². The van der Waals surface area contributed by atoms with Crippen molar-refractivity contribution < 1.29 is 18.7 Å². The predicted octanol–water partition coefficient (Wildman–Crippen LogP) is 3.79. The number of aryl methyl sites for hydroxylation is 2. The Kier molecular flexibility index (Phi) is 6.44. The highest BCUT2D eigenvalue weighted by Crippen LogP contribution is 2.37. The quantitative estimate of drug-likeness (QED) is 0.539. The zero-order valence-corrected chi connectivity index (χ0v) is 21.4. The van der Waals surface area contributed by atoms with E-state index in [4.69, 9.17) is 9.47 Å². The Balaban J connectivity index is 1.39. The summed E-state index contributed by atoms with van der Waals surface area (Å²) < 4.78 is 27.2. The van der Waals surface area contributed by atoms with Crippen LogP contribution in [0.5, 0.6) is 5.88 Å². The van der Waals surface area contributed by atoms with Gasteiger partial charge in [0.2, 0.25) is 11.8 Å². The van der Waals surface area contributed by atoms with Crippen LogP contribution in [0.15, 0.2) is 41.5 Å². The van der Waals surface area contributed by atoms with Gasteiger partial charge in [0.25, 0.3) is 5.91 Å². The van der Waals surface area contributed by atoms with Gasteiger partial charge < -0.3 is 25.0 Å². The van der Waals surface area contributed by atoms with E-state index in [1.54, 1.807) is 30.1 Å². The number of fused-ring (bicyclic) bond motifs is 7. The van der Waals surface area contributed by atoms with E-state index in [1.165, 1.54) is 0 Å². The molecule has 0 saturated carbocycles. The Morgan fingerprint density at radius 1 is 1.24 bits per heavy atom. The Morgan fingerprint density at radius 3 is 2.89 bits per heavy atom. The number of hydrogen-bond donors (Lipinski definition) is 2. The van der Waals surface area contributed by atoms with Gasteiger partial charge in [-0.1, -0.05) is 0 Å². The molecule has 1 saturated heterocycles. The van der Waals surface area contributed by atoms with E-state index >= 15 is 0 Å². The van der Waals surface area contributed by atoms with E-state index in [0.29, 0.717) is 73.6 Å². The van der Waals surface area contributed by atoms with Crippen LogP contribution in [0.25, 0.3) is 11.3 Å². The number of guanidine groups is 1. The fraction of sp³-hybridized carbons (Fsp3) is 0.407. The first-order chi connectivity index (χ1) is 18.5. The number of aliphatic imine (C=N–C) groups is 1. The maximum Gasteiger partial charge on any atom is 0.280 e. The summed E-state index contributed by atoms with van der Waals surface area (Å²) in [7, 11) is 1.80. The minimum atomic E-state index is -0.491. The summed E-state index contributed by atoms with van der Waals surface area (Å²) in [6.07, 6.45) is 2.96. The summed E-state index contributed by atoms with van der Waals surface area (Å²) in [6.45, 7) is 3.48. The third-order valence-corrected chi connectivity index (χ3v) is 7.02. The zero-order chi connectivity index (χ0) is 26.2. The number of halogens is 1. The van der Waals surface area contributed by atoms with Gasteiger partial charge in [0, 0.05) is 36.5 Å². The first-order valence-electron chi connectivity index (χ1n) is 12.8. The summed E-state index contributed by atoms with van der Waals surface area (Å²) >= 11 is 0. The van der Waals surface area contributed by atoms with Crippen LogP contribution >= 0.6 is 0 Å². The number of carbonyl (C=O) groups is 1. The maximum absolute atomic E-state index is 14.2. The number of carbonyl (C=O) groups excluding carboxylic acids is 1. The molecule has 5 heterocycles. The fourth-order valence-electron chi connectivity index (χ4n) is 4.97. The number of amides is 1. The Labute approximate surface area is 219 Å². The number of hydrogen-bond acceptors (Lipinski definition) is 8. The smallest absolute Gasteiger partial charge is 0.280 e. The molecular weight excluding hydrogens is 489 g/mol. The van der Waals surface area contributed by atoms with E-state index in [2.05, 4.69) is 25.7 Å². The zero-order valence-electron chi connectivity index (χ0n) is 21.4. The third-order valence-electron chi connectivity index (χ3n) is 7.02. The van der Waals surface area contributed by atoms with Gasteiger partial charge in [-0.05, 0) is 50.1 Å². The number of anilines is 3. The first kappa shape index (κ1) is 24.4. The number of rotatable bonds is 3. The minimum absolute atomic E-state index is 0.266. The molecular formula is C27H30FN7O3. The number of benzene rings is 1. The molecule has 11 heteroatoms. The van der Waals surface area contributed by atoms with Crippen LogP contribution in [0, 0.1) is 12.8 Å². The molecule has 2 N–H and O–H groups in total. The predicted molar refractivity (Wildman–Crippen MR) is 143 cm³/mol. The molecule has 2 aromatic heterocycles. The van der Waals surface area contributed by atoms with Gasteiger partial charge in [0.15, 0.2) is 0 Å². The largest absolute Gasteiger partial charge is 0.477 e. The second-order valence-electron chi connectivity index (χ2n) is 9.97. The molecule has 0 aliphatic carbocycles. The molecule has 10 nitrogen and oxygen atoms in total. The maximum atomic E-state index is 14.2. The summed E-state index contributed by atoms with van der Waals surface area (Å²) in [5.41, 5.74) is 4.98. The van der Waals surface area contributed by atoms with Crippen molar-refractivity contribution in [1.29, 1.82) is 0 Å². The number of nitrogens with one attached hydrogen (secondary N) is 2. The Morgan fingerprint density at radius 2 is 2.11 bits per heavy atom. The van der Waals surface area contributed by atoms with Gasteiger partial charge in [-0.3, -0.25) is 14.2 Å². The van der Waals surface area contributed by atoms with E-state index in [0.717, 1.165) is 17.1 Å². The number of ether oxygens (including phenoxy) is 2. The lowest BCUT2D eigenvalue weighted by Gasteiger charge is -2.28. The lowest BCUT2D eigenvalue weighted by Crippen LogP contribution is -2.40. The molecule has 1 atom stereocenters. The summed E-state index contributed by atoms with van der Waals surface area (Å²) in [6, 6.07) is 9.65. The van der Waals surface area contributed by atoms with Crippen LogP contribution in [0.4, 0.5) is 21.5 Å². The molecule has 3 aliphatic heterocycles. The average Bonchev–Trinajstić information content (AvgIpc) is 3.41. The molecule has 2 bridgehead atoms. The van der Waals surface area contributed by atoms with Crippen LogP contribution in [0.3, 0.4) is 0 Å². The van der Waals surface area contributed by atoms with Crippen LogP contribution in [0.1, 0.15) is 28.9 Å². The SMILES string of the molecule is Cc1cc2cc(n1)-c1cnn(C)c1OCCCC(CF)CN1/C(=N/C2=O)Nc2cc(NC3COC3)ccc21. The lowest BCUT2D eigenvalue weighted by molar-refractivity contribution is 0.0211. The first-order valence-corrected chi connectivity index (χ1v) is 12.8. The number of nitrogens with zero attached hydrogens (tertiary/aromatic N) is 5. The van der Waals surface area contributed by atoms with Crippen molar-refractivity contribution in [3.8, 4) is 17.1 Å². The second-order valence-corrected chi connectivity index (χ2v) is 9.97. The van der Waals surface area contributed by atoms with Gasteiger partial charge in [0.1, 0.15) is 0 Å². The van der Waals surface area contributed by atoms with Crippen LogP contribution in [0.2, 0.25) is 0 Å². The monoisotopic (exact) mass is 519 g/mol. The van der Waals surface area contributed by atoms with Crippen molar-refractivity contribution in [1.82, 2.24) is 14.8 Å². The number of alkyl halides is 1. The average molecular weight is 520 g/mol. The number of aromatic nitrogens is 3. The molecule has 0 radical (unpaired) electrons. The Hall–Kier alpha value is -3.99. The molecule has 1 fully saturated rings. The van der Waals surface area contributed by atoms with Crippen LogP contribution in [-0.2, 0) is 11.8 Å². The summed E-state index contributed by atoms with van der Waals surface area (Å²) in [4.78, 5) is 24.5. The summed E-state index contributed by atoms with van der Waals surface area (Å²) in [5.74, 6) is 0.267. The van der Waals surface area contributed by atoms with E-state index in [9.17, 15) is 9.18 Å². The van der Waals surface area contributed by atoms with Crippen molar-refractivity contribution in [2.24, 2.45) is 18.0 Å². The molecule has 198 valence electrons. The van der Waals surface area contributed by atoms with E-state index in [-0.39, 0.29) is 12.0 Å². The topological polar surface area (TPSA) is 106 Å². The molecule has 3 aromatic rings. The molecule has 1 aromatic carbocycles. The molecule has 0 spiro atoms. The van der Waals surface area contributed by atoms with Crippen LogP contribution < -0.4 is 20.3 Å². The third kappa shape index (κ3) is 4.69. The molecule has 1 amide bonds. The molecule has 1 unspecified atom stereocenters. The molecule has 38 heavy (non-hydrogen) atoms. The minimum Gasteiger partial charge on any atom is -0.477 e. The van der Waals surface area contributed by atoms with Crippen molar-refractivity contribution in [3.63, 3.8) is 0 Å². The standard InChI is InChI=1S/C27H30FN7O3/c1-16-8-18-9-22(30-16)21-12-29-34(2)26(21)38-7-3-4-17(11-28)13-35-24-6-5-19(31-20-14-37-15-20)10-23(24)32-27(35)33-25(18)36/h5-6,8-10,12,17,20,31H,3-4,7,11,13-15H2,1-2H3,(H,32,33,36). The van der Waals surface area contributed by atoms with Crippen molar-refractivity contribution >= 4 is 28.9 Å². The van der Waals surface area contributed by atoms with E-state index in [1.807, 2.05) is 30.0 Å². The van der Waals surface area contributed by atoms with Gasteiger partial charge >= 0.3 is 0 Å². The molecule has 3 aliphatic rings. The van der Waals surface area contributed by atoms with Gasteiger partial charge in [-0.15, -0.1) is 0 Å². The Bertz CT molecular complexity index is 1400. The van der Waals surface area contributed by atoms with Gasteiger partial charge in [0.05, 0.1) is 61.4 Å². The fourth-order valence-corrected chi connectivity index (χ4v) is 4.97. The highest BCUT2D eigenvalue weighted by atomic mass is 19.1. The summed E-state index contributed by atoms with van der Waals surface area (Å²) in [5, 5.41) is 11.1. The van der Waals surface area contributed by atoms with Crippen LogP contribution in [-0.4, -0.2) is 65.7 Å². The number of pyridine rings is 1. The van der Waals surface area contributed by atoms with Gasteiger partial charge in [-0.25, -0.2) is 4.68 Å². The van der Waals surface area contributed by atoms with Crippen molar-refractivity contribution in [2.45, 2.75) is 25.8 Å². The van der Waals surface area contributed by atoms with Crippen molar-refractivity contribution in [2.75, 3.05) is 48.6 Å². The second kappa shape index (κ2) is 10.1. The van der Waals surface area contributed by atoms with Gasteiger partial charge in [-0.2, -0.15) is 10.1 Å². The lowest BCUT2D eigenvalue weighted by atomic mass is 10.0. The highest BCUT2D eigenvalue weighted by molar-refractivity contribution is 6.19. The highest BCUT2D eigenvalue weighted by Gasteiger charge is 2.30. The molecule has 6 rings (SSSR count).